The van der Waals surface area contributed by atoms with Crippen LogP contribution in [0.25, 0.3) is 0 Å². The number of nitrogens with zero attached hydrogens (tertiary/aromatic N) is 3. The van der Waals surface area contributed by atoms with E-state index in [0.29, 0.717) is 6.54 Å². The molecule has 0 aromatic carbocycles. The van der Waals surface area contributed by atoms with Crippen molar-refractivity contribution in [1.29, 1.82) is 0 Å². The van der Waals surface area contributed by atoms with E-state index in [9.17, 15) is 13.6 Å². The van der Waals surface area contributed by atoms with Gasteiger partial charge in [-0.2, -0.15) is 0 Å². The minimum atomic E-state index is -2.53. The van der Waals surface area contributed by atoms with Gasteiger partial charge < -0.3 is 5.73 Å². The predicted octanol–water partition coefficient (Wildman–Crippen LogP) is 0.422. The van der Waals surface area contributed by atoms with Gasteiger partial charge in [0, 0.05) is 19.4 Å². The van der Waals surface area contributed by atoms with Gasteiger partial charge in [0.05, 0.1) is 0 Å². The van der Waals surface area contributed by atoms with Crippen LogP contribution in [0.5, 0.6) is 0 Å². The largest absolute Gasteiger partial charge is 0.363 e. The van der Waals surface area contributed by atoms with E-state index in [0.717, 1.165) is 0 Å². The number of hydrogen-bond acceptors (Lipinski definition) is 3. The quantitative estimate of drug-likeness (QED) is 0.795. The number of alkyl halides is 2. The average molecular weight is 216 g/mol. The molecule has 0 atom stereocenters. The summed E-state index contributed by atoms with van der Waals surface area (Å²) >= 11 is 0. The van der Waals surface area contributed by atoms with Crippen LogP contribution in [0.1, 0.15) is 23.5 Å². The summed E-state index contributed by atoms with van der Waals surface area (Å²) in [5, 5.41) is 3.77. The molecular formula is C8H10F2N4O. The normalized spacial score (nSPS) is 19.9. The highest BCUT2D eigenvalue weighted by Crippen LogP contribution is 2.42. The van der Waals surface area contributed by atoms with Crippen LogP contribution in [0.4, 0.5) is 8.78 Å². The van der Waals surface area contributed by atoms with Gasteiger partial charge in [-0.3, -0.25) is 9.48 Å². The Bertz CT molecular complexity index is 382. The van der Waals surface area contributed by atoms with Gasteiger partial charge in [0.15, 0.2) is 0 Å². The number of rotatable bonds is 3. The Labute approximate surface area is 84.3 Å². The summed E-state index contributed by atoms with van der Waals surface area (Å²) in [5.74, 6) is -3.42. The smallest absolute Gasteiger partial charge is 0.288 e. The Morgan fingerprint density at radius 1 is 1.67 bits per heavy atom. The number of nitrogens with two attached hydrogens (primary N) is 1. The van der Waals surface area contributed by atoms with Gasteiger partial charge in [0.1, 0.15) is 6.33 Å². The molecule has 1 aromatic heterocycles. The first-order valence-electron chi connectivity index (χ1n) is 4.53. The molecular weight excluding hydrogens is 206 g/mol. The summed E-state index contributed by atoms with van der Waals surface area (Å²) in [6, 6.07) is 0. The van der Waals surface area contributed by atoms with Gasteiger partial charge in [-0.05, 0) is 5.92 Å². The van der Waals surface area contributed by atoms with Crippen molar-refractivity contribution in [3.63, 3.8) is 0 Å². The molecule has 2 rings (SSSR count). The molecule has 82 valence electrons. The molecule has 0 saturated heterocycles. The lowest BCUT2D eigenvalue weighted by molar-refractivity contribution is -0.114. The molecule has 1 saturated carbocycles. The molecule has 1 heterocycles. The summed E-state index contributed by atoms with van der Waals surface area (Å²) in [7, 11) is 0. The monoisotopic (exact) mass is 216 g/mol. The molecule has 5 nitrogen and oxygen atoms in total. The lowest BCUT2D eigenvalue weighted by atomic mass is 9.81. The van der Waals surface area contributed by atoms with E-state index in [1.165, 1.54) is 11.0 Å². The van der Waals surface area contributed by atoms with Gasteiger partial charge in [-0.1, -0.05) is 0 Å². The van der Waals surface area contributed by atoms with Crippen molar-refractivity contribution >= 4 is 5.91 Å². The molecule has 1 aliphatic rings. The van der Waals surface area contributed by atoms with E-state index in [4.69, 9.17) is 5.73 Å². The number of hydrogen-bond donors (Lipinski definition) is 1. The van der Waals surface area contributed by atoms with Gasteiger partial charge in [-0.15, -0.1) is 5.10 Å². The number of amides is 1. The molecule has 0 radical (unpaired) electrons. The summed E-state index contributed by atoms with van der Waals surface area (Å²) in [4.78, 5) is 14.3. The molecule has 1 aliphatic carbocycles. The number of aromatic nitrogens is 3. The maximum absolute atomic E-state index is 12.5. The first-order chi connectivity index (χ1) is 6.96. The number of halogens is 2. The topological polar surface area (TPSA) is 73.8 Å². The van der Waals surface area contributed by atoms with Crippen LogP contribution in [-0.4, -0.2) is 26.6 Å². The highest BCUT2D eigenvalue weighted by Gasteiger charge is 2.45. The first kappa shape index (κ1) is 10.0. The van der Waals surface area contributed by atoms with E-state index in [2.05, 4.69) is 10.1 Å². The molecule has 0 bridgehead atoms. The molecule has 0 aliphatic heterocycles. The second-order valence-corrected chi connectivity index (χ2v) is 3.78. The van der Waals surface area contributed by atoms with E-state index >= 15 is 0 Å². The van der Waals surface area contributed by atoms with Crippen LogP contribution in [0, 0.1) is 5.92 Å². The Kier molecular flexibility index (Phi) is 2.17. The summed E-state index contributed by atoms with van der Waals surface area (Å²) in [6.45, 7) is 0.357. The third-order valence-electron chi connectivity index (χ3n) is 2.38. The molecule has 15 heavy (non-hydrogen) atoms. The lowest BCUT2D eigenvalue weighted by Crippen LogP contribution is -2.37. The predicted molar refractivity (Wildman–Crippen MR) is 46.2 cm³/mol. The Morgan fingerprint density at radius 3 is 2.80 bits per heavy atom. The molecule has 7 heteroatoms. The van der Waals surface area contributed by atoms with Crippen molar-refractivity contribution in [2.45, 2.75) is 25.3 Å². The van der Waals surface area contributed by atoms with Crippen LogP contribution in [0.3, 0.4) is 0 Å². The number of carbonyl (C=O) groups excluding carboxylic acids is 1. The van der Waals surface area contributed by atoms with Crippen molar-refractivity contribution in [2.24, 2.45) is 11.7 Å². The lowest BCUT2D eigenvalue weighted by Gasteiger charge is -2.34. The van der Waals surface area contributed by atoms with Gasteiger partial charge >= 0.3 is 0 Å². The number of primary amides is 1. The van der Waals surface area contributed by atoms with Crippen molar-refractivity contribution in [2.75, 3.05) is 0 Å². The average Bonchev–Trinajstić information content (AvgIpc) is 2.49. The first-order valence-corrected chi connectivity index (χ1v) is 4.53. The summed E-state index contributed by atoms with van der Waals surface area (Å²) in [6.07, 6.45) is 1.08. The van der Waals surface area contributed by atoms with Crippen LogP contribution >= 0.6 is 0 Å². The van der Waals surface area contributed by atoms with Crippen LogP contribution < -0.4 is 5.73 Å². The SMILES string of the molecule is NC(=O)c1ncn(CC2CC(F)(F)C2)n1. The third kappa shape index (κ3) is 2.11. The summed E-state index contributed by atoms with van der Waals surface area (Å²) in [5.41, 5.74) is 4.95. The zero-order valence-corrected chi connectivity index (χ0v) is 7.86. The highest BCUT2D eigenvalue weighted by atomic mass is 19.3. The standard InChI is InChI=1S/C8H10F2N4O/c9-8(10)1-5(2-8)3-14-4-12-7(13-14)6(11)15/h4-5H,1-3H2,(H2,11,15). The Hall–Kier alpha value is -1.53. The maximum Gasteiger partial charge on any atom is 0.288 e. The Morgan fingerprint density at radius 2 is 2.33 bits per heavy atom. The maximum atomic E-state index is 12.5. The fraction of sp³-hybridized carbons (Fsp3) is 0.625. The van der Waals surface area contributed by atoms with Crippen molar-refractivity contribution in [1.82, 2.24) is 14.8 Å². The molecule has 1 fully saturated rings. The Balaban J connectivity index is 1.92. The number of carbonyl (C=O) groups is 1. The summed E-state index contributed by atoms with van der Waals surface area (Å²) < 4.78 is 26.4. The molecule has 0 spiro atoms. The molecule has 1 amide bonds. The van der Waals surface area contributed by atoms with Crippen LogP contribution in [0.15, 0.2) is 6.33 Å². The van der Waals surface area contributed by atoms with E-state index in [-0.39, 0.29) is 24.6 Å². The van der Waals surface area contributed by atoms with Gasteiger partial charge in [0.2, 0.25) is 11.7 Å². The van der Waals surface area contributed by atoms with Crippen LogP contribution in [0.2, 0.25) is 0 Å². The fourth-order valence-electron chi connectivity index (χ4n) is 1.67. The van der Waals surface area contributed by atoms with E-state index in [1.54, 1.807) is 0 Å². The van der Waals surface area contributed by atoms with Gasteiger partial charge in [-0.25, -0.2) is 13.8 Å². The molecule has 1 aromatic rings. The third-order valence-corrected chi connectivity index (χ3v) is 2.38. The highest BCUT2D eigenvalue weighted by molar-refractivity contribution is 5.88. The van der Waals surface area contributed by atoms with E-state index in [1.807, 2.05) is 0 Å². The van der Waals surface area contributed by atoms with Gasteiger partial charge in [0.25, 0.3) is 5.91 Å². The second kappa shape index (κ2) is 3.25. The van der Waals surface area contributed by atoms with E-state index < -0.39 is 11.8 Å². The van der Waals surface area contributed by atoms with Crippen molar-refractivity contribution < 1.29 is 13.6 Å². The molecule has 0 unspecified atom stereocenters. The zero-order valence-electron chi connectivity index (χ0n) is 7.86. The fourth-order valence-corrected chi connectivity index (χ4v) is 1.67. The van der Waals surface area contributed by atoms with Crippen LogP contribution in [-0.2, 0) is 6.54 Å². The second-order valence-electron chi connectivity index (χ2n) is 3.78. The minimum Gasteiger partial charge on any atom is -0.363 e. The zero-order chi connectivity index (χ0) is 11.1. The minimum absolute atomic E-state index is 0.0823. The van der Waals surface area contributed by atoms with Crippen molar-refractivity contribution in [3.05, 3.63) is 12.2 Å². The molecule has 2 N–H and O–H groups in total. The van der Waals surface area contributed by atoms with Crippen molar-refractivity contribution in [3.8, 4) is 0 Å².